The van der Waals surface area contributed by atoms with Crippen LogP contribution in [-0.2, 0) is 11.5 Å². The van der Waals surface area contributed by atoms with Crippen LogP contribution in [0.15, 0.2) is 24.5 Å². The van der Waals surface area contributed by atoms with Crippen LogP contribution in [0.2, 0.25) is 0 Å². The van der Waals surface area contributed by atoms with E-state index in [1.54, 1.807) is 0 Å². The Morgan fingerprint density at radius 1 is 1.27 bits per heavy atom. The Balaban J connectivity index is 2.43. The lowest BCUT2D eigenvalue weighted by atomic mass is 10.2. The van der Waals surface area contributed by atoms with Gasteiger partial charge in [0.15, 0.2) is 12.4 Å². The van der Waals surface area contributed by atoms with Gasteiger partial charge in [0.05, 0.1) is 6.61 Å². The molecular formula is C12H21N2O+. The molecule has 0 aliphatic carbocycles. The standard InChI is InChI=1S/C12H21N2O/c1-11(2)9-15-10-14-7-5-12(6-8-14)13(3)4/h5-8,11H,9-10H2,1-4H3/q+1. The number of hydrogen-bond acceptors (Lipinski definition) is 2. The molecule has 1 rings (SSSR count). The van der Waals surface area contributed by atoms with Crippen LogP contribution in [0.4, 0.5) is 5.69 Å². The average molecular weight is 209 g/mol. The molecule has 84 valence electrons. The number of nitrogens with zero attached hydrogens (tertiary/aromatic N) is 2. The van der Waals surface area contributed by atoms with E-state index in [0.29, 0.717) is 12.6 Å². The van der Waals surface area contributed by atoms with Gasteiger partial charge in [0, 0.05) is 31.9 Å². The van der Waals surface area contributed by atoms with Crippen molar-refractivity contribution >= 4 is 5.69 Å². The minimum absolute atomic E-state index is 0.589. The van der Waals surface area contributed by atoms with E-state index in [0.717, 1.165) is 6.61 Å². The second-order valence-corrected chi connectivity index (χ2v) is 4.36. The highest BCUT2D eigenvalue weighted by molar-refractivity contribution is 5.41. The minimum Gasteiger partial charge on any atom is -0.377 e. The number of anilines is 1. The van der Waals surface area contributed by atoms with Crippen molar-refractivity contribution in [3.63, 3.8) is 0 Å². The first-order valence-corrected chi connectivity index (χ1v) is 5.33. The van der Waals surface area contributed by atoms with Gasteiger partial charge in [0.25, 0.3) is 6.73 Å². The van der Waals surface area contributed by atoms with Gasteiger partial charge in [-0.1, -0.05) is 13.8 Å². The Morgan fingerprint density at radius 3 is 2.33 bits per heavy atom. The van der Waals surface area contributed by atoms with E-state index < -0.39 is 0 Å². The predicted octanol–water partition coefficient (Wildman–Crippen LogP) is 1.67. The number of ether oxygens (including phenoxy) is 1. The van der Waals surface area contributed by atoms with Crippen LogP contribution in [0.1, 0.15) is 13.8 Å². The van der Waals surface area contributed by atoms with Crippen LogP contribution >= 0.6 is 0 Å². The maximum absolute atomic E-state index is 5.53. The first-order chi connectivity index (χ1) is 7.09. The summed E-state index contributed by atoms with van der Waals surface area (Å²) in [6.45, 7) is 5.74. The van der Waals surface area contributed by atoms with Crippen molar-refractivity contribution in [2.24, 2.45) is 5.92 Å². The molecule has 3 heteroatoms. The molecule has 15 heavy (non-hydrogen) atoms. The quantitative estimate of drug-likeness (QED) is 0.686. The molecule has 1 aromatic heterocycles. The summed E-state index contributed by atoms with van der Waals surface area (Å²) in [4.78, 5) is 2.08. The molecule has 0 bridgehead atoms. The molecule has 0 N–H and O–H groups in total. The fourth-order valence-corrected chi connectivity index (χ4v) is 1.23. The van der Waals surface area contributed by atoms with Crippen molar-refractivity contribution in [1.29, 1.82) is 0 Å². The number of hydrogen-bond donors (Lipinski definition) is 0. The van der Waals surface area contributed by atoms with Crippen molar-refractivity contribution in [2.75, 3.05) is 25.6 Å². The van der Waals surface area contributed by atoms with E-state index in [-0.39, 0.29) is 0 Å². The van der Waals surface area contributed by atoms with Gasteiger partial charge in [0.2, 0.25) is 0 Å². The van der Waals surface area contributed by atoms with Crippen LogP contribution in [0, 0.1) is 5.92 Å². The highest BCUT2D eigenvalue weighted by Gasteiger charge is 2.02. The maximum atomic E-state index is 5.53. The van der Waals surface area contributed by atoms with Gasteiger partial charge in [-0.25, -0.2) is 0 Å². The Bertz CT molecular complexity index is 280. The smallest absolute Gasteiger partial charge is 0.252 e. The Hall–Kier alpha value is -1.09. The zero-order valence-electron chi connectivity index (χ0n) is 10.1. The molecule has 0 aliphatic rings. The van der Waals surface area contributed by atoms with E-state index >= 15 is 0 Å². The normalized spacial score (nSPS) is 10.7. The van der Waals surface area contributed by atoms with E-state index in [9.17, 15) is 0 Å². The lowest BCUT2D eigenvalue weighted by Crippen LogP contribution is -2.34. The van der Waals surface area contributed by atoms with Gasteiger partial charge in [-0.2, -0.15) is 4.57 Å². The summed E-state index contributed by atoms with van der Waals surface area (Å²) in [7, 11) is 4.07. The molecular weight excluding hydrogens is 188 g/mol. The van der Waals surface area contributed by atoms with Gasteiger partial charge >= 0.3 is 0 Å². The van der Waals surface area contributed by atoms with E-state index in [4.69, 9.17) is 4.74 Å². The first kappa shape index (κ1) is 12.0. The SMILES string of the molecule is CC(C)COC[n+]1ccc(N(C)C)cc1. The number of rotatable bonds is 5. The van der Waals surface area contributed by atoms with Crippen LogP contribution < -0.4 is 9.47 Å². The second-order valence-electron chi connectivity index (χ2n) is 4.36. The molecule has 0 saturated heterocycles. The summed E-state index contributed by atoms with van der Waals surface area (Å²) >= 11 is 0. The van der Waals surface area contributed by atoms with E-state index in [2.05, 4.69) is 30.9 Å². The molecule has 0 unspecified atom stereocenters. The van der Waals surface area contributed by atoms with E-state index in [1.165, 1.54) is 5.69 Å². The summed E-state index contributed by atoms with van der Waals surface area (Å²) in [5.41, 5.74) is 1.20. The molecule has 0 spiro atoms. The van der Waals surface area contributed by atoms with Crippen molar-refractivity contribution in [3.05, 3.63) is 24.5 Å². The number of pyridine rings is 1. The summed E-state index contributed by atoms with van der Waals surface area (Å²) in [5.74, 6) is 0.589. The lowest BCUT2D eigenvalue weighted by molar-refractivity contribution is -0.732. The zero-order chi connectivity index (χ0) is 11.3. The lowest BCUT2D eigenvalue weighted by Gasteiger charge is -2.10. The molecule has 0 amide bonds. The summed E-state index contributed by atoms with van der Waals surface area (Å²) in [6, 6.07) is 4.16. The third kappa shape index (κ3) is 4.30. The molecule has 0 aromatic carbocycles. The zero-order valence-corrected chi connectivity index (χ0v) is 10.1. The fourth-order valence-electron chi connectivity index (χ4n) is 1.23. The maximum Gasteiger partial charge on any atom is 0.252 e. The highest BCUT2D eigenvalue weighted by atomic mass is 16.5. The Kier molecular flexibility index (Phi) is 4.56. The largest absolute Gasteiger partial charge is 0.377 e. The molecule has 1 aromatic rings. The Labute approximate surface area is 92.3 Å². The summed E-state index contributed by atoms with van der Waals surface area (Å²) < 4.78 is 7.57. The molecule has 0 fully saturated rings. The second kappa shape index (κ2) is 5.71. The van der Waals surface area contributed by atoms with Crippen molar-refractivity contribution in [2.45, 2.75) is 20.6 Å². The third-order valence-electron chi connectivity index (χ3n) is 2.08. The first-order valence-electron chi connectivity index (χ1n) is 5.33. The van der Waals surface area contributed by atoms with Gasteiger partial charge < -0.3 is 9.64 Å². The van der Waals surface area contributed by atoms with Crippen molar-refractivity contribution < 1.29 is 9.30 Å². The molecule has 0 radical (unpaired) electrons. The molecule has 0 saturated carbocycles. The number of aromatic nitrogens is 1. The fraction of sp³-hybridized carbons (Fsp3) is 0.583. The monoisotopic (exact) mass is 209 g/mol. The highest BCUT2D eigenvalue weighted by Crippen LogP contribution is 2.05. The van der Waals surface area contributed by atoms with Crippen LogP contribution in [0.3, 0.4) is 0 Å². The molecule has 0 atom stereocenters. The summed E-state index contributed by atoms with van der Waals surface area (Å²) in [6.07, 6.45) is 4.07. The van der Waals surface area contributed by atoms with Gasteiger partial charge in [-0.3, -0.25) is 0 Å². The van der Waals surface area contributed by atoms with Crippen molar-refractivity contribution in [3.8, 4) is 0 Å². The van der Waals surface area contributed by atoms with Gasteiger partial charge in [-0.15, -0.1) is 0 Å². The third-order valence-corrected chi connectivity index (χ3v) is 2.08. The van der Waals surface area contributed by atoms with Crippen molar-refractivity contribution in [1.82, 2.24) is 0 Å². The molecule has 0 aliphatic heterocycles. The van der Waals surface area contributed by atoms with Gasteiger partial charge in [-0.05, 0) is 5.92 Å². The van der Waals surface area contributed by atoms with E-state index in [1.807, 2.05) is 31.1 Å². The molecule has 1 heterocycles. The minimum atomic E-state index is 0.589. The molecule has 3 nitrogen and oxygen atoms in total. The van der Waals surface area contributed by atoms with Gasteiger partial charge in [0.1, 0.15) is 0 Å². The Morgan fingerprint density at radius 2 is 1.87 bits per heavy atom. The predicted molar refractivity (Wildman–Crippen MR) is 61.8 cm³/mol. The topological polar surface area (TPSA) is 16.4 Å². The van der Waals surface area contributed by atoms with Crippen LogP contribution in [-0.4, -0.2) is 20.7 Å². The summed E-state index contributed by atoms with van der Waals surface area (Å²) in [5, 5.41) is 0. The average Bonchev–Trinajstić information content (AvgIpc) is 2.18. The van der Waals surface area contributed by atoms with Crippen LogP contribution in [0.5, 0.6) is 0 Å². The van der Waals surface area contributed by atoms with Crippen LogP contribution in [0.25, 0.3) is 0 Å².